The number of urea groups is 1. The summed E-state index contributed by atoms with van der Waals surface area (Å²) in [6, 6.07) is 14.9. The molecular weight excluding hydrogens is 340 g/mol. The van der Waals surface area contributed by atoms with E-state index in [4.69, 9.17) is 4.98 Å². The van der Waals surface area contributed by atoms with E-state index < -0.39 is 0 Å². The number of benzene rings is 2. The standard InChI is InChI=1S/C21H22N4O2/c1-14(26)15-6-4-8-17(12-15)22-21(27)25-11-5-7-16(13-25)20-23-18-9-2-3-10-19(18)24-20/h2-4,6,8-10,12,16H,5,7,11,13H2,1H3,(H,22,27)(H,23,24)/t16-/m0/s1. The Kier molecular flexibility index (Phi) is 4.62. The van der Waals surface area contributed by atoms with Crippen LogP contribution in [-0.2, 0) is 0 Å². The van der Waals surface area contributed by atoms with Crippen LogP contribution in [0.5, 0.6) is 0 Å². The summed E-state index contributed by atoms with van der Waals surface area (Å²) >= 11 is 0. The van der Waals surface area contributed by atoms with E-state index in [1.54, 1.807) is 24.3 Å². The molecule has 0 unspecified atom stereocenters. The van der Waals surface area contributed by atoms with Gasteiger partial charge in [-0.15, -0.1) is 0 Å². The number of imidazole rings is 1. The fourth-order valence-corrected chi connectivity index (χ4v) is 3.57. The van der Waals surface area contributed by atoms with Crippen LogP contribution in [0.15, 0.2) is 48.5 Å². The Morgan fingerprint density at radius 3 is 2.85 bits per heavy atom. The second-order valence-electron chi connectivity index (χ2n) is 6.99. The molecule has 2 amide bonds. The van der Waals surface area contributed by atoms with Crippen LogP contribution in [0.25, 0.3) is 11.0 Å². The van der Waals surface area contributed by atoms with Gasteiger partial charge in [-0.25, -0.2) is 9.78 Å². The Labute approximate surface area is 157 Å². The first-order valence-electron chi connectivity index (χ1n) is 9.22. The average Bonchev–Trinajstić information content (AvgIpc) is 3.12. The number of H-pyrrole nitrogens is 1. The maximum Gasteiger partial charge on any atom is 0.321 e. The van der Waals surface area contributed by atoms with Gasteiger partial charge in [-0.3, -0.25) is 4.79 Å². The molecule has 0 bridgehead atoms. The lowest BCUT2D eigenvalue weighted by Crippen LogP contribution is -2.41. The summed E-state index contributed by atoms with van der Waals surface area (Å²) in [5, 5.41) is 2.91. The molecule has 2 N–H and O–H groups in total. The van der Waals surface area contributed by atoms with Gasteiger partial charge in [0.25, 0.3) is 0 Å². The number of carbonyl (C=O) groups excluding carboxylic acids is 2. The van der Waals surface area contributed by atoms with E-state index in [0.29, 0.717) is 17.8 Å². The van der Waals surface area contributed by atoms with Crippen molar-refractivity contribution in [3.8, 4) is 0 Å². The predicted molar refractivity (Wildman–Crippen MR) is 105 cm³/mol. The third-order valence-electron chi connectivity index (χ3n) is 5.02. The Bertz CT molecular complexity index is 962. The lowest BCUT2D eigenvalue weighted by atomic mass is 9.97. The van der Waals surface area contributed by atoms with Crippen molar-refractivity contribution >= 4 is 28.5 Å². The molecule has 138 valence electrons. The number of ketones is 1. The molecule has 1 aliphatic heterocycles. The summed E-state index contributed by atoms with van der Waals surface area (Å²) in [5.41, 5.74) is 3.20. The molecule has 0 radical (unpaired) electrons. The number of aromatic nitrogens is 2. The van der Waals surface area contributed by atoms with Gasteiger partial charge in [-0.2, -0.15) is 0 Å². The third-order valence-corrected chi connectivity index (χ3v) is 5.02. The lowest BCUT2D eigenvalue weighted by molar-refractivity contribution is 0.101. The summed E-state index contributed by atoms with van der Waals surface area (Å²) in [4.78, 5) is 34.1. The highest BCUT2D eigenvalue weighted by Gasteiger charge is 2.27. The number of nitrogens with zero attached hydrogens (tertiary/aromatic N) is 2. The minimum absolute atomic E-state index is 0.0194. The first kappa shape index (κ1) is 17.3. The number of Topliss-reactive ketones (excluding diaryl/α,β-unsaturated/α-hetero) is 1. The number of hydrogen-bond acceptors (Lipinski definition) is 3. The van der Waals surface area contributed by atoms with Crippen molar-refractivity contribution in [3.05, 3.63) is 59.9 Å². The van der Waals surface area contributed by atoms with Crippen LogP contribution >= 0.6 is 0 Å². The molecule has 0 saturated carbocycles. The number of carbonyl (C=O) groups is 2. The second-order valence-corrected chi connectivity index (χ2v) is 6.99. The maximum atomic E-state index is 12.7. The van der Waals surface area contributed by atoms with E-state index in [1.807, 2.05) is 29.2 Å². The van der Waals surface area contributed by atoms with Crippen LogP contribution in [0.1, 0.15) is 41.9 Å². The molecule has 1 saturated heterocycles. The van der Waals surface area contributed by atoms with E-state index in [1.165, 1.54) is 6.92 Å². The number of rotatable bonds is 3. The fourth-order valence-electron chi connectivity index (χ4n) is 3.57. The first-order chi connectivity index (χ1) is 13.1. The van der Waals surface area contributed by atoms with Crippen LogP contribution in [0.4, 0.5) is 10.5 Å². The minimum atomic E-state index is -0.142. The predicted octanol–water partition coefficient (Wildman–Crippen LogP) is 4.18. The van der Waals surface area contributed by atoms with Gasteiger partial charge in [0.15, 0.2) is 5.78 Å². The number of aromatic amines is 1. The molecule has 1 fully saturated rings. The zero-order valence-electron chi connectivity index (χ0n) is 15.2. The highest BCUT2D eigenvalue weighted by molar-refractivity contribution is 5.96. The zero-order valence-corrected chi connectivity index (χ0v) is 15.2. The lowest BCUT2D eigenvalue weighted by Gasteiger charge is -2.31. The fraction of sp³-hybridized carbons (Fsp3) is 0.286. The van der Waals surface area contributed by atoms with Gasteiger partial charge >= 0.3 is 6.03 Å². The quantitative estimate of drug-likeness (QED) is 0.686. The monoisotopic (exact) mass is 362 g/mol. The molecule has 6 nitrogen and oxygen atoms in total. The molecule has 6 heteroatoms. The van der Waals surface area contributed by atoms with E-state index in [2.05, 4.69) is 10.3 Å². The zero-order chi connectivity index (χ0) is 18.8. The van der Waals surface area contributed by atoms with Gasteiger partial charge < -0.3 is 15.2 Å². The van der Waals surface area contributed by atoms with Gasteiger partial charge in [-0.05, 0) is 44.0 Å². The first-order valence-corrected chi connectivity index (χ1v) is 9.22. The average molecular weight is 362 g/mol. The summed E-state index contributed by atoms with van der Waals surface area (Å²) < 4.78 is 0. The molecule has 0 spiro atoms. The van der Waals surface area contributed by atoms with E-state index in [0.717, 1.165) is 36.2 Å². The SMILES string of the molecule is CC(=O)c1cccc(NC(=O)N2CCC[C@H](c3nc4ccccc4[nH]3)C2)c1. The molecule has 1 aromatic heterocycles. The van der Waals surface area contributed by atoms with Crippen LogP contribution in [0.3, 0.4) is 0 Å². The van der Waals surface area contributed by atoms with Gasteiger partial charge in [0.1, 0.15) is 5.82 Å². The smallest absolute Gasteiger partial charge is 0.321 e. The van der Waals surface area contributed by atoms with Crippen LogP contribution in [-0.4, -0.2) is 39.8 Å². The molecule has 4 rings (SSSR count). The van der Waals surface area contributed by atoms with E-state index in [9.17, 15) is 9.59 Å². The maximum absolute atomic E-state index is 12.7. The summed E-state index contributed by atoms with van der Waals surface area (Å²) in [6.45, 7) is 2.86. The molecular formula is C21H22N4O2. The highest BCUT2D eigenvalue weighted by atomic mass is 16.2. The molecule has 0 aliphatic carbocycles. The van der Waals surface area contributed by atoms with Crippen LogP contribution < -0.4 is 5.32 Å². The Hall–Kier alpha value is -3.15. The van der Waals surface area contributed by atoms with E-state index in [-0.39, 0.29) is 17.7 Å². The largest absolute Gasteiger partial charge is 0.342 e. The molecule has 2 aromatic carbocycles. The van der Waals surface area contributed by atoms with Crippen molar-refractivity contribution in [2.24, 2.45) is 0 Å². The highest BCUT2D eigenvalue weighted by Crippen LogP contribution is 2.27. The van der Waals surface area contributed by atoms with Crippen LogP contribution in [0.2, 0.25) is 0 Å². The summed E-state index contributed by atoms with van der Waals surface area (Å²) in [6.07, 6.45) is 1.94. The second kappa shape index (κ2) is 7.23. The van der Waals surface area contributed by atoms with E-state index >= 15 is 0 Å². The van der Waals surface area contributed by atoms with Crippen molar-refractivity contribution in [1.82, 2.24) is 14.9 Å². The van der Waals surface area contributed by atoms with Crippen LogP contribution in [0, 0.1) is 0 Å². The van der Waals surface area contributed by atoms with Gasteiger partial charge in [-0.1, -0.05) is 24.3 Å². The summed E-state index contributed by atoms with van der Waals surface area (Å²) in [5.74, 6) is 1.11. The number of piperidine rings is 1. The normalized spacial score (nSPS) is 17.1. The number of fused-ring (bicyclic) bond motifs is 1. The van der Waals surface area contributed by atoms with Crippen molar-refractivity contribution in [3.63, 3.8) is 0 Å². The topological polar surface area (TPSA) is 78.1 Å². The van der Waals surface area contributed by atoms with Crippen molar-refractivity contribution in [2.75, 3.05) is 18.4 Å². The van der Waals surface area contributed by atoms with Crippen molar-refractivity contribution < 1.29 is 9.59 Å². The molecule has 2 heterocycles. The van der Waals surface area contributed by atoms with Gasteiger partial charge in [0.05, 0.1) is 11.0 Å². The van der Waals surface area contributed by atoms with Gasteiger partial charge in [0, 0.05) is 30.3 Å². The molecule has 1 atom stereocenters. The number of likely N-dealkylation sites (tertiary alicyclic amines) is 1. The minimum Gasteiger partial charge on any atom is -0.342 e. The number of anilines is 1. The molecule has 3 aromatic rings. The number of amides is 2. The molecule has 27 heavy (non-hydrogen) atoms. The number of nitrogens with one attached hydrogen (secondary N) is 2. The Balaban J connectivity index is 1.46. The Morgan fingerprint density at radius 1 is 1.19 bits per heavy atom. The number of para-hydroxylation sites is 2. The third kappa shape index (κ3) is 3.69. The summed E-state index contributed by atoms with van der Waals surface area (Å²) in [7, 11) is 0. The Morgan fingerprint density at radius 2 is 2.04 bits per heavy atom. The van der Waals surface area contributed by atoms with Crippen molar-refractivity contribution in [2.45, 2.75) is 25.7 Å². The number of hydrogen-bond donors (Lipinski definition) is 2. The van der Waals surface area contributed by atoms with Gasteiger partial charge in [0.2, 0.25) is 0 Å². The molecule has 1 aliphatic rings. The van der Waals surface area contributed by atoms with Crippen molar-refractivity contribution in [1.29, 1.82) is 0 Å².